The van der Waals surface area contributed by atoms with Crippen LogP contribution in [0.3, 0.4) is 0 Å². The van der Waals surface area contributed by atoms with Crippen LogP contribution in [0.1, 0.15) is 47.0 Å². The molecule has 1 amide bonds. The van der Waals surface area contributed by atoms with Crippen molar-refractivity contribution in [1.82, 2.24) is 10.2 Å². The van der Waals surface area contributed by atoms with E-state index in [-0.39, 0.29) is 5.91 Å². The number of carbonyl (C=O) groups excluding carboxylic acids is 1. The molecule has 0 aliphatic heterocycles. The van der Waals surface area contributed by atoms with E-state index in [0.29, 0.717) is 11.6 Å². The molecule has 0 aromatic rings. The van der Waals surface area contributed by atoms with Gasteiger partial charge in [-0.2, -0.15) is 0 Å². The van der Waals surface area contributed by atoms with Crippen LogP contribution in [0.15, 0.2) is 12.2 Å². The van der Waals surface area contributed by atoms with E-state index in [2.05, 4.69) is 37.6 Å². The van der Waals surface area contributed by atoms with E-state index in [1.54, 1.807) is 6.92 Å². The average Bonchev–Trinajstić information content (AvgIpc) is 2.29. The Kier molecular flexibility index (Phi) is 8.78. The third-order valence-electron chi connectivity index (χ3n) is 3.16. The second-order valence-electron chi connectivity index (χ2n) is 4.60. The fraction of sp³-hybridized carbons (Fsp3) is 0.786. The lowest BCUT2D eigenvalue weighted by Crippen LogP contribution is -2.32. The molecule has 0 spiro atoms. The van der Waals surface area contributed by atoms with Crippen LogP contribution in [0.25, 0.3) is 0 Å². The topological polar surface area (TPSA) is 32.3 Å². The molecule has 17 heavy (non-hydrogen) atoms. The highest BCUT2D eigenvalue weighted by atomic mass is 16.1. The molecule has 0 aromatic heterocycles. The standard InChI is InChI=1S/C14H28N2O/c1-6-16(7-2)13(5)10-8-9-11-15-14(17)12(3)4/h13H,3,6-11H2,1-2,4-5H3,(H,15,17). The number of amides is 1. The van der Waals surface area contributed by atoms with E-state index in [9.17, 15) is 4.79 Å². The van der Waals surface area contributed by atoms with Gasteiger partial charge in [0.15, 0.2) is 0 Å². The highest BCUT2D eigenvalue weighted by Crippen LogP contribution is 2.07. The largest absolute Gasteiger partial charge is 0.352 e. The lowest BCUT2D eigenvalue weighted by molar-refractivity contribution is -0.117. The van der Waals surface area contributed by atoms with Crippen LogP contribution in [0.2, 0.25) is 0 Å². The van der Waals surface area contributed by atoms with Gasteiger partial charge < -0.3 is 10.2 Å². The Bertz CT molecular complexity index is 234. The summed E-state index contributed by atoms with van der Waals surface area (Å²) >= 11 is 0. The lowest BCUT2D eigenvalue weighted by atomic mass is 10.1. The summed E-state index contributed by atoms with van der Waals surface area (Å²) < 4.78 is 0. The third-order valence-corrected chi connectivity index (χ3v) is 3.16. The Morgan fingerprint density at radius 3 is 2.35 bits per heavy atom. The molecule has 0 saturated heterocycles. The molecule has 0 rings (SSSR count). The van der Waals surface area contributed by atoms with Crippen molar-refractivity contribution in [2.45, 2.75) is 53.0 Å². The molecule has 0 fully saturated rings. The van der Waals surface area contributed by atoms with Crippen LogP contribution in [0.4, 0.5) is 0 Å². The zero-order chi connectivity index (χ0) is 13.3. The van der Waals surface area contributed by atoms with Crippen molar-refractivity contribution >= 4 is 5.91 Å². The second kappa shape index (κ2) is 9.23. The van der Waals surface area contributed by atoms with Crippen molar-refractivity contribution in [3.05, 3.63) is 12.2 Å². The van der Waals surface area contributed by atoms with E-state index in [1.807, 2.05) is 0 Å². The van der Waals surface area contributed by atoms with Gasteiger partial charge in [-0.1, -0.05) is 26.8 Å². The summed E-state index contributed by atoms with van der Waals surface area (Å²) in [6.45, 7) is 15.0. The van der Waals surface area contributed by atoms with Gasteiger partial charge >= 0.3 is 0 Å². The van der Waals surface area contributed by atoms with Gasteiger partial charge in [-0.15, -0.1) is 0 Å². The zero-order valence-corrected chi connectivity index (χ0v) is 11.9. The molecule has 0 aliphatic rings. The number of hydrogen-bond acceptors (Lipinski definition) is 2. The summed E-state index contributed by atoms with van der Waals surface area (Å²) in [7, 11) is 0. The van der Waals surface area contributed by atoms with Gasteiger partial charge in [0.1, 0.15) is 0 Å². The van der Waals surface area contributed by atoms with E-state index in [0.717, 1.165) is 32.5 Å². The Morgan fingerprint density at radius 2 is 1.88 bits per heavy atom. The minimum Gasteiger partial charge on any atom is -0.352 e. The van der Waals surface area contributed by atoms with Crippen LogP contribution in [-0.2, 0) is 4.79 Å². The molecule has 0 aliphatic carbocycles. The van der Waals surface area contributed by atoms with Crippen molar-refractivity contribution in [2.75, 3.05) is 19.6 Å². The lowest BCUT2D eigenvalue weighted by Gasteiger charge is -2.26. The summed E-state index contributed by atoms with van der Waals surface area (Å²) in [6.07, 6.45) is 3.41. The Morgan fingerprint density at radius 1 is 1.29 bits per heavy atom. The number of unbranched alkanes of at least 4 members (excludes halogenated alkanes) is 1. The molecule has 0 bridgehead atoms. The molecule has 0 radical (unpaired) electrons. The quantitative estimate of drug-likeness (QED) is 0.496. The highest BCUT2D eigenvalue weighted by Gasteiger charge is 2.09. The molecule has 0 saturated carbocycles. The van der Waals surface area contributed by atoms with Gasteiger partial charge in [-0.3, -0.25) is 4.79 Å². The fourth-order valence-electron chi connectivity index (χ4n) is 1.95. The molecule has 0 aromatic carbocycles. The first-order chi connectivity index (χ1) is 8.02. The molecule has 100 valence electrons. The first kappa shape index (κ1) is 16.2. The molecular formula is C14H28N2O. The summed E-state index contributed by atoms with van der Waals surface area (Å²) in [5.74, 6) is -0.0261. The van der Waals surface area contributed by atoms with Crippen LogP contribution < -0.4 is 5.32 Å². The highest BCUT2D eigenvalue weighted by molar-refractivity contribution is 5.91. The van der Waals surface area contributed by atoms with Crippen molar-refractivity contribution in [3.8, 4) is 0 Å². The minimum atomic E-state index is -0.0261. The van der Waals surface area contributed by atoms with E-state index < -0.39 is 0 Å². The van der Waals surface area contributed by atoms with Gasteiger partial charge in [-0.25, -0.2) is 0 Å². The van der Waals surface area contributed by atoms with Crippen LogP contribution in [0, 0.1) is 0 Å². The fourth-order valence-corrected chi connectivity index (χ4v) is 1.95. The Hall–Kier alpha value is -0.830. The molecule has 1 atom stereocenters. The van der Waals surface area contributed by atoms with Crippen LogP contribution in [0.5, 0.6) is 0 Å². The maximum absolute atomic E-state index is 11.2. The van der Waals surface area contributed by atoms with E-state index >= 15 is 0 Å². The average molecular weight is 240 g/mol. The van der Waals surface area contributed by atoms with E-state index in [4.69, 9.17) is 0 Å². The van der Waals surface area contributed by atoms with Gasteiger partial charge in [0.05, 0.1) is 0 Å². The second-order valence-corrected chi connectivity index (χ2v) is 4.60. The minimum absolute atomic E-state index is 0.0261. The van der Waals surface area contributed by atoms with Crippen molar-refractivity contribution in [2.24, 2.45) is 0 Å². The molecule has 3 heteroatoms. The number of hydrogen-bond donors (Lipinski definition) is 1. The van der Waals surface area contributed by atoms with E-state index in [1.165, 1.54) is 6.42 Å². The van der Waals surface area contributed by atoms with Gasteiger partial charge in [-0.05, 0) is 39.8 Å². The van der Waals surface area contributed by atoms with Gasteiger partial charge in [0, 0.05) is 18.2 Å². The van der Waals surface area contributed by atoms with Crippen molar-refractivity contribution in [3.63, 3.8) is 0 Å². The van der Waals surface area contributed by atoms with Crippen LogP contribution >= 0.6 is 0 Å². The van der Waals surface area contributed by atoms with Crippen molar-refractivity contribution in [1.29, 1.82) is 0 Å². The first-order valence-corrected chi connectivity index (χ1v) is 6.70. The Balaban J connectivity index is 3.57. The van der Waals surface area contributed by atoms with Gasteiger partial charge in [0.25, 0.3) is 0 Å². The van der Waals surface area contributed by atoms with Crippen LogP contribution in [-0.4, -0.2) is 36.5 Å². The SMILES string of the molecule is C=C(C)C(=O)NCCCCC(C)N(CC)CC. The maximum atomic E-state index is 11.2. The number of nitrogens with one attached hydrogen (secondary N) is 1. The monoisotopic (exact) mass is 240 g/mol. The molecule has 0 heterocycles. The normalized spacial score (nSPS) is 12.5. The van der Waals surface area contributed by atoms with Gasteiger partial charge in [0.2, 0.25) is 5.91 Å². The summed E-state index contributed by atoms with van der Waals surface area (Å²) in [5.41, 5.74) is 0.585. The zero-order valence-electron chi connectivity index (χ0n) is 11.9. The third kappa shape index (κ3) is 7.16. The number of carbonyl (C=O) groups is 1. The smallest absolute Gasteiger partial charge is 0.246 e. The number of nitrogens with zero attached hydrogens (tertiary/aromatic N) is 1. The predicted molar refractivity (Wildman–Crippen MR) is 74.1 cm³/mol. The molecular weight excluding hydrogens is 212 g/mol. The first-order valence-electron chi connectivity index (χ1n) is 6.70. The summed E-state index contributed by atoms with van der Waals surface area (Å²) in [4.78, 5) is 13.7. The number of rotatable bonds is 9. The maximum Gasteiger partial charge on any atom is 0.246 e. The summed E-state index contributed by atoms with van der Waals surface area (Å²) in [5, 5.41) is 2.86. The summed E-state index contributed by atoms with van der Waals surface area (Å²) in [6, 6.07) is 0.641. The molecule has 1 unspecified atom stereocenters. The predicted octanol–water partition coefficient (Wildman–Crippen LogP) is 2.58. The van der Waals surface area contributed by atoms with Crippen molar-refractivity contribution < 1.29 is 4.79 Å². The molecule has 3 nitrogen and oxygen atoms in total. The molecule has 1 N–H and O–H groups in total. The Labute approximate surface area is 106 Å².